The van der Waals surface area contributed by atoms with Crippen molar-refractivity contribution in [2.45, 2.75) is 31.1 Å². The van der Waals surface area contributed by atoms with Crippen molar-refractivity contribution >= 4 is 41.7 Å². The van der Waals surface area contributed by atoms with Gasteiger partial charge < -0.3 is 24.8 Å². The number of benzene rings is 1. The minimum Gasteiger partial charge on any atom is -0.496 e. The van der Waals surface area contributed by atoms with E-state index in [-0.39, 0.29) is 24.0 Å². The Kier molecular flexibility index (Phi) is 15.4. The van der Waals surface area contributed by atoms with E-state index in [1.54, 1.807) is 7.11 Å². The first-order chi connectivity index (χ1) is 14.2. The van der Waals surface area contributed by atoms with Crippen molar-refractivity contribution in [2.24, 2.45) is 16.8 Å². The number of aliphatic imine (C=N–C) groups is 1. The molecule has 0 aliphatic carbocycles. The molecule has 2 rings (SSSR count). The normalized spacial score (nSPS) is 15.9. The van der Waals surface area contributed by atoms with Gasteiger partial charge in [-0.05, 0) is 43.2 Å². The molecule has 0 aromatic heterocycles. The number of rotatable bonds is 12. The third-order valence-electron chi connectivity index (χ3n) is 4.89. The Morgan fingerprint density at radius 2 is 2.03 bits per heavy atom. The summed E-state index contributed by atoms with van der Waals surface area (Å²) < 4.78 is 16.6. The van der Waals surface area contributed by atoms with E-state index in [0.29, 0.717) is 11.8 Å². The zero-order valence-corrected chi connectivity index (χ0v) is 21.7. The van der Waals surface area contributed by atoms with Gasteiger partial charge in [-0.25, -0.2) is 0 Å². The first kappa shape index (κ1) is 27.3. The predicted octanol–water partition coefficient (Wildman–Crippen LogP) is 4.04. The Hall–Kier alpha value is -0.710. The molecule has 1 atom stereocenters. The molecule has 1 aliphatic heterocycles. The lowest BCUT2D eigenvalue weighted by atomic mass is 10.0. The van der Waals surface area contributed by atoms with Crippen molar-refractivity contribution in [3.05, 3.63) is 24.3 Å². The van der Waals surface area contributed by atoms with Crippen LogP contribution in [0.15, 0.2) is 34.2 Å². The molecule has 0 amide bonds. The summed E-state index contributed by atoms with van der Waals surface area (Å²) in [6.07, 6.45) is 3.23. The second kappa shape index (κ2) is 16.9. The average Bonchev–Trinajstić information content (AvgIpc) is 2.77. The van der Waals surface area contributed by atoms with Crippen molar-refractivity contribution in [3.8, 4) is 5.75 Å². The van der Waals surface area contributed by atoms with E-state index in [0.717, 1.165) is 76.2 Å². The molecule has 1 unspecified atom stereocenters. The molecule has 1 aromatic rings. The fraction of sp³-hybridized carbons (Fsp3) is 0.682. The molecule has 0 bridgehead atoms. The summed E-state index contributed by atoms with van der Waals surface area (Å²) in [6, 6.07) is 8.16. The lowest BCUT2D eigenvalue weighted by Crippen LogP contribution is -2.40. The Morgan fingerprint density at radius 1 is 1.27 bits per heavy atom. The van der Waals surface area contributed by atoms with Crippen molar-refractivity contribution in [1.29, 1.82) is 0 Å². The van der Waals surface area contributed by atoms with Crippen LogP contribution in [0.2, 0.25) is 0 Å². The molecule has 1 fully saturated rings. The number of guanidine groups is 1. The number of hydrogen-bond acceptors (Lipinski definition) is 5. The molecule has 1 heterocycles. The van der Waals surface area contributed by atoms with Crippen molar-refractivity contribution in [3.63, 3.8) is 0 Å². The quantitative estimate of drug-likeness (QED) is 0.135. The van der Waals surface area contributed by atoms with Crippen molar-refractivity contribution in [2.75, 3.05) is 59.4 Å². The maximum absolute atomic E-state index is 5.81. The summed E-state index contributed by atoms with van der Waals surface area (Å²) in [5.74, 6) is 3.98. The van der Waals surface area contributed by atoms with Crippen molar-refractivity contribution < 1.29 is 14.2 Å². The van der Waals surface area contributed by atoms with Crippen LogP contribution in [0.5, 0.6) is 5.75 Å². The highest BCUT2D eigenvalue weighted by Crippen LogP contribution is 2.29. The fourth-order valence-corrected chi connectivity index (χ4v) is 4.11. The van der Waals surface area contributed by atoms with Crippen LogP contribution >= 0.6 is 35.7 Å². The first-order valence-corrected chi connectivity index (χ1v) is 11.6. The Bertz CT molecular complexity index is 601. The van der Waals surface area contributed by atoms with Gasteiger partial charge in [0.25, 0.3) is 0 Å². The second-order valence-corrected chi connectivity index (χ2v) is 8.49. The maximum atomic E-state index is 5.81. The van der Waals surface area contributed by atoms with Crippen LogP contribution in [-0.2, 0) is 9.47 Å². The SMILES string of the molecule is CN=C(NCCCOCC1CCOCC1)NCC(C)CSc1ccccc1OC.I. The summed E-state index contributed by atoms with van der Waals surface area (Å²) >= 11 is 1.83. The van der Waals surface area contributed by atoms with Gasteiger partial charge >= 0.3 is 0 Å². The number of nitrogens with zero attached hydrogens (tertiary/aromatic N) is 1. The van der Waals surface area contributed by atoms with Gasteiger partial charge in [-0.1, -0.05) is 19.1 Å². The molecular formula is C22H38IN3O3S. The summed E-state index contributed by atoms with van der Waals surface area (Å²) in [5.41, 5.74) is 0. The van der Waals surface area contributed by atoms with Gasteiger partial charge in [0.2, 0.25) is 0 Å². The molecule has 1 saturated heterocycles. The number of thioether (sulfide) groups is 1. The Balaban J connectivity index is 0.00000450. The second-order valence-electron chi connectivity index (χ2n) is 7.43. The van der Waals surface area contributed by atoms with Gasteiger partial charge in [-0.2, -0.15) is 0 Å². The number of nitrogens with one attached hydrogen (secondary N) is 2. The maximum Gasteiger partial charge on any atom is 0.190 e. The van der Waals surface area contributed by atoms with Crippen LogP contribution in [-0.4, -0.2) is 65.4 Å². The largest absolute Gasteiger partial charge is 0.496 e. The van der Waals surface area contributed by atoms with E-state index in [9.17, 15) is 0 Å². The van der Waals surface area contributed by atoms with E-state index in [1.165, 1.54) is 4.90 Å². The molecule has 1 aliphatic rings. The lowest BCUT2D eigenvalue weighted by molar-refractivity contribution is 0.0203. The van der Waals surface area contributed by atoms with Crippen LogP contribution in [0, 0.1) is 11.8 Å². The highest BCUT2D eigenvalue weighted by molar-refractivity contribution is 14.0. The highest BCUT2D eigenvalue weighted by Gasteiger charge is 2.13. The zero-order valence-electron chi connectivity index (χ0n) is 18.5. The molecule has 6 nitrogen and oxygen atoms in total. The molecule has 1 aromatic carbocycles. The third-order valence-corrected chi connectivity index (χ3v) is 6.27. The van der Waals surface area contributed by atoms with E-state index < -0.39 is 0 Å². The van der Waals surface area contributed by atoms with Crippen LogP contribution < -0.4 is 15.4 Å². The predicted molar refractivity (Wildman–Crippen MR) is 137 cm³/mol. The van der Waals surface area contributed by atoms with Gasteiger partial charge in [0.05, 0.1) is 7.11 Å². The minimum atomic E-state index is 0. The van der Waals surface area contributed by atoms with Crippen LogP contribution in [0.25, 0.3) is 0 Å². The summed E-state index contributed by atoms with van der Waals surface area (Å²) in [7, 11) is 3.53. The third kappa shape index (κ3) is 11.1. The zero-order chi connectivity index (χ0) is 20.7. The minimum absolute atomic E-state index is 0. The number of para-hydroxylation sites is 1. The molecular weight excluding hydrogens is 513 g/mol. The Labute approximate surface area is 203 Å². The highest BCUT2D eigenvalue weighted by atomic mass is 127. The van der Waals surface area contributed by atoms with E-state index in [4.69, 9.17) is 14.2 Å². The molecule has 0 radical (unpaired) electrons. The number of hydrogen-bond donors (Lipinski definition) is 2. The molecule has 8 heteroatoms. The van der Waals surface area contributed by atoms with Gasteiger partial charge in [-0.3, -0.25) is 4.99 Å². The molecule has 30 heavy (non-hydrogen) atoms. The van der Waals surface area contributed by atoms with Gasteiger partial charge in [0, 0.05) is 57.2 Å². The number of ether oxygens (including phenoxy) is 3. The van der Waals surface area contributed by atoms with Crippen LogP contribution in [0.4, 0.5) is 0 Å². The number of halogens is 1. The van der Waals surface area contributed by atoms with E-state index in [1.807, 2.05) is 37.0 Å². The van der Waals surface area contributed by atoms with Gasteiger partial charge in [0.15, 0.2) is 5.96 Å². The van der Waals surface area contributed by atoms with Crippen LogP contribution in [0.1, 0.15) is 26.2 Å². The summed E-state index contributed by atoms with van der Waals surface area (Å²) in [5, 5.41) is 6.78. The molecule has 0 spiro atoms. The average molecular weight is 552 g/mol. The van der Waals surface area contributed by atoms with Crippen molar-refractivity contribution in [1.82, 2.24) is 10.6 Å². The smallest absolute Gasteiger partial charge is 0.190 e. The molecule has 2 N–H and O–H groups in total. The van der Waals surface area contributed by atoms with Crippen LogP contribution in [0.3, 0.4) is 0 Å². The van der Waals surface area contributed by atoms with E-state index >= 15 is 0 Å². The summed E-state index contributed by atoms with van der Waals surface area (Å²) in [4.78, 5) is 5.50. The molecule has 0 saturated carbocycles. The first-order valence-electron chi connectivity index (χ1n) is 10.6. The standard InChI is InChI=1S/C22H37N3O3S.HI/c1-18(17-29-21-8-5-4-7-20(21)26-3)15-25-22(23-2)24-11-6-12-28-16-19-9-13-27-14-10-19;/h4-5,7-8,18-19H,6,9-17H2,1-3H3,(H2,23,24,25);1H. The van der Waals surface area contributed by atoms with Gasteiger partial charge in [0.1, 0.15) is 5.75 Å². The lowest BCUT2D eigenvalue weighted by Gasteiger charge is -2.21. The molecule has 172 valence electrons. The fourth-order valence-electron chi connectivity index (χ4n) is 3.06. The number of methoxy groups -OCH3 is 1. The monoisotopic (exact) mass is 551 g/mol. The summed E-state index contributed by atoms with van der Waals surface area (Å²) in [6.45, 7) is 7.39. The Morgan fingerprint density at radius 3 is 2.77 bits per heavy atom. The van der Waals surface area contributed by atoms with E-state index in [2.05, 4.69) is 28.6 Å². The topological polar surface area (TPSA) is 64.1 Å². The van der Waals surface area contributed by atoms with Gasteiger partial charge in [-0.15, -0.1) is 35.7 Å².